The number of ether oxygens (including phenoxy) is 2. The first kappa shape index (κ1) is 26.4. The topological polar surface area (TPSA) is 73.1 Å². The van der Waals surface area contributed by atoms with E-state index in [0.29, 0.717) is 45.2 Å². The molecule has 7 nitrogen and oxygen atoms in total. The fourth-order valence-electron chi connectivity index (χ4n) is 5.17. The molecule has 1 atom stereocenters. The van der Waals surface area contributed by atoms with Gasteiger partial charge in [0.25, 0.3) is 11.5 Å². The SMILES string of the molecule is CCN(CC)C(=O)C1=C(C)N=c2s/c(=C/c3cccc(OC)c3)c(=O)n2[C@@H]1c1c(OC)ccc2ccccc12. The molecule has 0 fully saturated rings. The summed E-state index contributed by atoms with van der Waals surface area (Å²) in [6.07, 6.45) is 1.84. The number of hydrogen-bond donors (Lipinski definition) is 0. The standard InChI is InChI=1S/C31H31N3O4S/c1-6-33(7-2)30(36)26-19(3)32-31-34(29(35)25(39-31)18-20-11-10-13-22(17-20)37-4)28(26)27-23-14-9-8-12-21(23)15-16-24(27)38-5/h8-18,28H,6-7H2,1-5H3/b25-18+/t28-/m0/s1. The first-order chi connectivity index (χ1) is 18.9. The Labute approximate surface area is 230 Å². The number of aromatic nitrogens is 1. The molecule has 200 valence electrons. The lowest BCUT2D eigenvalue weighted by Crippen LogP contribution is -2.43. The van der Waals surface area contributed by atoms with E-state index < -0.39 is 6.04 Å². The van der Waals surface area contributed by atoms with Crippen molar-refractivity contribution in [2.75, 3.05) is 27.3 Å². The highest BCUT2D eigenvalue weighted by Crippen LogP contribution is 2.40. The predicted octanol–water partition coefficient (Wildman–Crippen LogP) is 4.27. The zero-order valence-electron chi connectivity index (χ0n) is 22.7. The summed E-state index contributed by atoms with van der Waals surface area (Å²) in [5.41, 5.74) is 2.48. The van der Waals surface area contributed by atoms with Gasteiger partial charge in [-0.3, -0.25) is 14.2 Å². The first-order valence-corrected chi connectivity index (χ1v) is 13.7. The molecule has 5 rings (SSSR count). The summed E-state index contributed by atoms with van der Waals surface area (Å²) < 4.78 is 13.4. The number of fused-ring (bicyclic) bond motifs is 2. The fraction of sp³-hybridized carbons (Fsp3) is 0.258. The van der Waals surface area contributed by atoms with E-state index in [9.17, 15) is 9.59 Å². The van der Waals surface area contributed by atoms with E-state index in [2.05, 4.69) is 0 Å². The van der Waals surface area contributed by atoms with Crippen LogP contribution in [0.25, 0.3) is 16.8 Å². The predicted molar refractivity (Wildman–Crippen MR) is 155 cm³/mol. The molecule has 0 N–H and O–H groups in total. The van der Waals surface area contributed by atoms with Gasteiger partial charge in [-0.2, -0.15) is 0 Å². The van der Waals surface area contributed by atoms with Gasteiger partial charge in [0, 0.05) is 18.7 Å². The maximum Gasteiger partial charge on any atom is 0.271 e. The lowest BCUT2D eigenvalue weighted by Gasteiger charge is -2.30. The molecule has 2 heterocycles. The fourth-order valence-corrected chi connectivity index (χ4v) is 6.21. The molecule has 0 bridgehead atoms. The number of benzene rings is 3. The van der Waals surface area contributed by atoms with Crippen molar-refractivity contribution in [1.82, 2.24) is 9.47 Å². The Balaban J connectivity index is 1.84. The molecule has 1 aliphatic rings. The minimum Gasteiger partial charge on any atom is -0.497 e. The van der Waals surface area contributed by atoms with Crippen LogP contribution >= 0.6 is 11.3 Å². The summed E-state index contributed by atoms with van der Waals surface area (Å²) in [4.78, 5) is 35.3. The third kappa shape index (κ3) is 4.65. The van der Waals surface area contributed by atoms with E-state index in [4.69, 9.17) is 14.5 Å². The minimum atomic E-state index is -0.706. The highest BCUT2D eigenvalue weighted by atomic mass is 32.1. The number of rotatable bonds is 7. The average Bonchev–Trinajstić information content (AvgIpc) is 3.26. The number of allylic oxidation sites excluding steroid dienone is 1. The molecule has 1 amide bonds. The molecule has 1 aromatic heterocycles. The zero-order valence-corrected chi connectivity index (χ0v) is 23.5. The Kier molecular flexibility index (Phi) is 7.39. The summed E-state index contributed by atoms with van der Waals surface area (Å²) in [6, 6.07) is 18.7. The van der Waals surface area contributed by atoms with E-state index in [1.165, 1.54) is 11.3 Å². The van der Waals surface area contributed by atoms with Crippen molar-refractivity contribution < 1.29 is 14.3 Å². The van der Waals surface area contributed by atoms with Crippen molar-refractivity contribution in [2.45, 2.75) is 26.8 Å². The molecular formula is C31H31N3O4S. The van der Waals surface area contributed by atoms with Crippen molar-refractivity contribution in [2.24, 2.45) is 4.99 Å². The Morgan fingerprint density at radius 1 is 1.05 bits per heavy atom. The summed E-state index contributed by atoms with van der Waals surface area (Å²) in [5, 5.41) is 1.92. The Morgan fingerprint density at radius 2 is 1.82 bits per heavy atom. The van der Waals surface area contributed by atoms with Crippen LogP contribution in [0.4, 0.5) is 0 Å². The van der Waals surface area contributed by atoms with Gasteiger partial charge in [-0.05, 0) is 61.4 Å². The van der Waals surface area contributed by atoms with Crippen molar-refractivity contribution in [3.8, 4) is 11.5 Å². The lowest BCUT2D eigenvalue weighted by atomic mass is 9.90. The van der Waals surface area contributed by atoms with Crippen LogP contribution in [-0.2, 0) is 4.79 Å². The second-order valence-electron chi connectivity index (χ2n) is 9.24. The molecule has 0 spiro atoms. The van der Waals surface area contributed by atoms with Gasteiger partial charge in [0.2, 0.25) is 0 Å². The van der Waals surface area contributed by atoms with Gasteiger partial charge in [-0.1, -0.05) is 53.8 Å². The van der Waals surface area contributed by atoms with Crippen LogP contribution in [0, 0.1) is 0 Å². The van der Waals surface area contributed by atoms with Crippen molar-refractivity contribution in [3.63, 3.8) is 0 Å². The zero-order chi connectivity index (χ0) is 27.7. The number of carbonyl (C=O) groups is 1. The second-order valence-corrected chi connectivity index (χ2v) is 10.2. The molecular weight excluding hydrogens is 510 g/mol. The van der Waals surface area contributed by atoms with E-state index in [1.807, 2.05) is 87.5 Å². The first-order valence-electron chi connectivity index (χ1n) is 12.9. The van der Waals surface area contributed by atoms with Crippen molar-refractivity contribution in [3.05, 3.63) is 103 Å². The number of amides is 1. The van der Waals surface area contributed by atoms with Gasteiger partial charge in [-0.15, -0.1) is 0 Å². The average molecular weight is 542 g/mol. The molecule has 0 saturated heterocycles. The lowest BCUT2D eigenvalue weighted by molar-refractivity contribution is -0.127. The molecule has 0 radical (unpaired) electrons. The Morgan fingerprint density at radius 3 is 2.54 bits per heavy atom. The van der Waals surface area contributed by atoms with Crippen LogP contribution in [0.1, 0.15) is 37.9 Å². The summed E-state index contributed by atoms with van der Waals surface area (Å²) in [6.45, 7) is 6.85. The van der Waals surface area contributed by atoms with Crippen LogP contribution in [0.5, 0.6) is 11.5 Å². The molecule has 1 aliphatic heterocycles. The monoisotopic (exact) mass is 541 g/mol. The number of hydrogen-bond acceptors (Lipinski definition) is 6. The quantitative estimate of drug-likeness (QED) is 0.350. The highest BCUT2D eigenvalue weighted by Gasteiger charge is 2.36. The molecule has 0 aliphatic carbocycles. The summed E-state index contributed by atoms with van der Waals surface area (Å²) >= 11 is 1.31. The Hall–Kier alpha value is -4.17. The highest BCUT2D eigenvalue weighted by molar-refractivity contribution is 7.07. The Bertz CT molecular complexity index is 1780. The molecule has 3 aromatic carbocycles. The number of nitrogens with zero attached hydrogens (tertiary/aromatic N) is 3. The molecule has 39 heavy (non-hydrogen) atoms. The molecule has 4 aromatic rings. The van der Waals surface area contributed by atoms with Crippen LogP contribution in [-0.4, -0.2) is 42.7 Å². The number of methoxy groups -OCH3 is 2. The van der Waals surface area contributed by atoms with Crippen LogP contribution in [0.3, 0.4) is 0 Å². The van der Waals surface area contributed by atoms with E-state index >= 15 is 0 Å². The minimum absolute atomic E-state index is 0.136. The van der Waals surface area contributed by atoms with Crippen LogP contribution in [0.15, 0.2) is 81.7 Å². The summed E-state index contributed by atoms with van der Waals surface area (Å²) in [7, 11) is 3.23. The number of thiazole rings is 1. The number of carbonyl (C=O) groups excluding carboxylic acids is 1. The van der Waals surface area contributed by atoms with Crippen LogP contribution < -0.4 is 24.4 Å². The van der Waals surface area contributed by atoms with Gasteiger partial charge in [0.15, 0.2) is 4.80 Å². The molecule has 0 saturated carbocycles. The smallest absolute Gasteiger partial charge is 0.271 e. The maximum absolute atomic E-state index is 14.1. The third-order valence-corrected chi connectivity index (χ3v) is 8.10. The summed E-state index contributed by atoms with van der Waals surface area (Å²) in [5.74, 6) is 1.18. The largest absolute Gasteiger partial charge is 0.497 e. The van der Waals surface area contributed by atoms with Crippen molar-refractivity contribution in [1.29, 1.82) is 0 Å². The van der Waals surface area contributed by atoms with E-state index in [0.717, 1.165) is 21.9 Å². The normalized spacial score (nSPS) is 15.2. The third-order valence-electron chi connectivity index (χ3n) is 7.12. The molecule has 0 unspecified atom stereocenters. The van der Waals surface area contributed by atoms with Gasteiger partial charge < -0.3 is 14.4 Å². The second kappa shape index (κ2) is 10.9. The van der Waals surface area contributed by atoms with Gasteiger partial charge >= 0.3 is 0 Å². The van der Waals surface area contributed by atoms with Crippen LogP contribution in [0.2, 0.25) is 0 Å². The van der Waals surface area contributed by atoms with Gasteiger partial charge in [0.1, 0.15) is 17.5 Å². The number of likely N-dealkylation sites (N-methyl/N-ethyl adjacent to an activating group) is 1. The molecule has 8 heteroatoms. The van der Waals surface area contributed by atoms with E-state index in [-0.39, 0.29) is 11.5 Å². The van der Waals surface area contributed by atoms with Gasteiger partial charge in [-0.25, -0.2) is 4.99 Å². The van der Waals surface area contributed by atoms with Crippen molar-refractivity contribution >= 4 is 34.1 Å². The van der Waals surface area contributed by atoms with E-state index in [1.54, 1.807) is 23.7 Å². The maximum atomic E-state index is 14.1. The van der Waals surface area contributed by atoms with Gasteiger partial charge in [0.05, 0.1) is 30.0 Å².